The number of ether oxygens (including phenoxy) is 2. The van der Waals surface area contributed by atoms with Crippen LogP contribution in [0.4, 0.5) is 9.59 Å². The van der Waals surface area contributed by atoms with Gasteiger partial charge in [0.1, 0.15) is 11.2 Å². The van der Waals surface area contributed by atoms with Crippen molar-refractivity contribution in [2.75, 3.05) is 0 Å². The van der Waals surface area contributed by atoms with Crippen LogP contribution < -0.4 is 10.6 Å². The number of hydrogen-bond donors (Lipinski definition) is 3. The van der Waals surface area contributed by atoms with Crippen molar-refractivity contribution in [1.29, 1.82) is 0 Å². The first-order valence-corrected chi connectivity index (χ1v) is 7.56. The summed E-state index contributed by atoms with van der Waals surface area (Å²) in [5.74, 6) is 0. The summed E-state index contributed by atoms with van der Waals surface area (Å²) in [5, 5.41) is 3.64. The van der Waals surface area contributed by atoms with E-state index in [4.69, 9.17) is 14.0 Å². The summed E-state index contributed by atoms with van der Waals surface area (Å²) in [5.41, 5.74) is -3.83. The van der Waals surface area contributed by atoms with Crippen LogP contribution >= 0.6 is 0 Å². The number of rotatable bonds is 3. The van der Waals surface area contributed by atoms with Gasteiger partial charge in [-0.05, 0) is 41.5 Å². The molecule has 0 radical (unpaired) electrons. The minimum absolute atomic E-state index is 0.875. The molecule has 0 aliphatic heterocycles. The Morgan fingerprint density at radius 1 is 0.905 bits per heavy atom. The maximum Gasteiger partial charge on any atom is 0.410 e. The van der Waals surface area contributed by atoms with Crippen LogP contribution in [0, 0.1) is 0 Å². The molecule has 3 N–H and O–H groups in total. The van der Waals surface area contributed by atoms with Crippen LogP contribution in [0.1, 0.15) is 41.5 Å². The highest BCUT2D eigenvalue weighted by molar-refractivity contribution is 7.86. The van der Waals surface area contributed by atoms with Crippen molar-refractivity contribution in [2.45, 2.75) is 58.2 Å². The number of hydrogen-bond acceptors (Lipinski definition) is 6. The fourth-order valence-electron chi connectivity index (χ4n) is 1.01. The van der Waals surface area contributed by atoms with E-state index in [9.17, 15) is 18.0 Å². The lowest BCUT2D eigenvalue weighted by Gasteiger charge is -2.24. The average molecular weight is 326 g/mol. The van der Waals surface area contributed by atoms with Crippen LogP contribution in [0.3, 0.4) is 0 Å². The van der Waals surface area contributed by atoms with Gasteiger partial charge in [-0.25, -0.2) is 9.59 Å². The van der Waals surface area contributed by atoms with Gasteiger partial charge in [0.15, 0.2) is 0 Å². The van der Waals surface area contributed by atoms with Crippen LogP contribution in [-0.4, -0.2) is 41.9 Å². The Balaban J connectivity index is 4.85. The molecule has 0 aliphatic rings. The SMILES string of the molecule is CC(C)(C)OC(=O)NC(NC(=O)OC(C)(C)C)S(=O)(=O)O. The summed E-state index contributed by atoms with van der Waals surface area (Å²) in [6.45, 7) is 9.39. The first-order chi connectivity index (χ1) is 9.10. The third kappa shape index (κ3) is 9.91. The smallest absolute Gasteiger partial charge is 0.410 e. The second kappa shape index (κ2) is 6.48. The number of alkyl carbamates (subject to hydrolysis) is 2. The molecule has 2 amide bonds. The predicted molar refractivity (Wildman–Crippen MR) is 74.1 cm³/mol. The van der Waals surface area contributed by atoms with Crippen molar-refractivity contribution >= 4 is 22.3 Å². The van der Waals surface area contributed by atoms with Gasteiger partial charge in [0.2, 0.25) is 5.50 Å². The summed E-state index contributed by atoms with van der Waals surface area (Å²) in [4.78, 5) is 23.0. The second-order valence-corrected chi connectivity index (χ2v) is 7.69. The average Bonchev–Trinajstić information content (AvgIpc) is 2.07. The van der Waals surface area contributed by atoms with Crippen molar-refractivity contribution in [2.24, 2.45) is 0 Å². The van der Waals surface area contributed by atoms with E-state index < -0.39 is 39.0 Å². The Bertz CT molecular complexity index is 458. The van der Waals surface area contributed by atoms with Crippen LogP contribution in [0.2, 0.25) is 0 Å². The Labute approximate surface area is 124 Å². The third-order valence-corrected chi connectivity index (χ3v) is 2.42. The molecule has 0 aromatic carbocycles. The maximum atomic E-state index is 11.5. The molecule has 0 aromatic rings. The highest BCUT2D eigenvalue weighted by Gasteiger charge is 2.30. The molecule has 0 atom stereocenters. The molecule has 0 aliphatic carbocycles. The lowest BCUT2D eigenvalue weighted by Crippen LogP contribution is -2.54. The third-order valence-electron chi connectivity index (χ3n) is 1.59. The number of carbonyl (C=O) groups is 2. The molecule has 9 nitrogen and oxygen atoms in total. The molecule has 0 fully saturated rings. The highest BCUT2D eigenvalue weighted by Crippen LogP contribution is 2.09. The van der Waals surface area contributed by atoms with E-state index in [2.05, 4.69) is 0 Å². The van der Waals surface area contributed by atoms with Gasteiger partial charge >= 0.3 is 22.3 Å². The zero-order chi connectivity index (χ0) is 17.1. The molecular weight excluding hydrogens is 304 g/mol. The van der Waals surface area contributed by atoms with Crippen LogP contribution in [0.5, 0.6) is 0 Å². The van der Waals surface area contributed by atoms with Gasteiger partial charge in [-0.3, -0.25) is 15.2 Å². The summed E-state index contributed by atoms with van der Waals surface area (Å²) in [6.07, 6.45) is -2.25. The largest absolute Gasteiger partial charge is 0.444 e. The first-order valence-electron chi connectivity index (χ1n) is 6.05. The highest BCUT2D eigenvalue weighted by atomic mass is 32.2. The Hall–Kier alpha value is -1.55. The molecule has 21 heavy (non-hydrogen) atoms. The molecule has 124 valence electrons. The molecule has 10 heteroatoms. The van der Waals surface area contributed by atoms with Crippen molar-refractivity contribution in [3.8, 4) is 0 Å². The van der Waals surface area contributed by atoms with E-state index in [0.717, 1.165) is 0 Å². The number of nitrogens with one attached hydrogen (secondary N) is 2. The van der Waals surface area contributed by atoms with E-state index in [1.807, 2.05) is 10.6 Å². The van der Waals surface area contributed by atoms with Gasteiger partial charge < -0.3 is 9.47 Å². The van der Waals surface area contributed by atoms with E-state index in [-0.39, 0.29) is 0 Å². The molecule has 0 heterocycles. The Kier molecular flexibility index (Phi) is 6.00. The lowest BCUT2D eigenvalue weighted by molar-refractivity contribution is 0.0454. The number of carbonyl (C=O) groups excluding carboxylic acids is 2. The Morgan fingerprint density at radius 3 is 1.38 bits per heavy atom. The lowest BCUT2D eigenvalue weighted by atomic mass is 10.2. The molecule has 0 saturated carbocycles. The van der Waals surface area contributed by atoms with E-state index in [1.165, 1.54) is 0 Å². The molecule has 0 unspecified atom stereocenters. The van der Waals surface area contributed by atoms with Crippen molar-refractivity contribution in [3.05, 3.63) is 0 Å². The zero-order valence-electron chi connectivity index (χ0n) is 12.9. The van der Waals surface area contributed by atoms with E-state index in [1.54, 1.807) is 41.5 Å². The van der Waals surface area contributed by atoms with Gasteiger partial charge in [0.25, 0.3) is 0 Å². The molecule has 0 rings (SSSR count). The van der Waals surface area contributed by atoms with Crippen molar-refractivity contribution in [3.63, 3.8) is 0 Å². The molecule has 0 bridgehead atoms. The van der Waals surface area contributed by atoms with Gasteiger partial charge in [-0.15, -0.1) is 0 Å². The molecule has 0 aromatic heterocycles. The van der Waals surface area contributed by atoms with Gasteiger partial charge in [0, 0.05) is 0 Å². The van der Waals surface area contributed by atoms with Gasteiger partial charge in [-0.2, -0.15) is 8.42 Å². The standard InChI is InChI=1S/C11H22N2O7S/c1-10(2,3)19-8(14)12-7(21(16,17)18)13-9(15)20-11(4,5)6/h7H,1-6H3,(H,12,14)(H,13,15)(H,16,17,18). The summed E-state index contributed by atoms with van der Waals surface area (Å²) < 4.78 is 41.0. The summed E-state index contributed by atoms with van der Waals surface area (Å²) in [7, 11) is -4.79. The van der Waals surface area contributed by atoms with Crippen LogP contribution in [0.25, 0.3) is 0 Å². The fraction of sp³-hybridized carbons (Fsp3) is 0.818. The quantitative estimate of drug-likeness (QED) is 0.524. The maximum absolute atomic E-state index is 11.5. The summed E-state index contributed by atoms with van der Waals surface area (Å²) >= 11 is 0. The van der Waals surface area contributed by atoms with Crippen LogP contribution in [-0.2, 0) is 19.6 Å². The predicted octanol–water partition coefficient (Wildman–Crippen LogP) is 1.21. The number of amides is 2. The summed E-state index contributed by atoms with van der Waals surface area (Å²) in [6, 6.07) is 0. The van der Waals surface area contributed by atoms with Crippen LogP contribution in [0.15, 0.2) is 0 Å². The van der Waals surface area contributed by atoms with E-state index >= 15 is 0 Å². The minimum atomic E-state index is -4.79. The normalized spacial score (nSPS) is 12.8. The topological polar surface area (TPSA) is 131 Å². The first kappa shape index (κ1) is 19.4. The van der Waals surface area contributed by atoms with Crippen molar-refractivity contribution in [1.82, 2.24) is 10.6 Å². The van der Waals surface area contributed by atoms with Gasteiger partial charge in [0.05, 0.1) is 0 Å². The molecular formula is C11H22N2O7S. The monoisotopic (exact) mass is 326 g/mol. The van der Waals surface area contributed by atoms with Gasteiger partial charge in [-0.1, -0.05) is 0 Å². The zero-order valence-corrected chi connectivity index (χ0v) is 13.7. The van der Waals surface area contributed by atoms with E-state index in [0.29, 0.717) is 0 Å². The fourth-order valence-corrected chi connectivity index (χ4v) is 1.50. The molecule has 0 saturated heterocycles. The van der Waals surface area contributed by atoms with Crippen molar-refractivity contribution < 1.29 is 32.0 Å². The second-order valence-electron chi connectivity index (χ2n) is 6.19. The minimum Gasteiger partial charge on any atom is -0.444 e. The molecule has 0 spiro atoms. The Morgan fingerprint density at radius 2 is 1.19 bits per heavy atom.